The number of aromatic nitrogens is 3. The first-order valence-corrected chi connectivity index (χ1v) is 8.75. The molecular formula is C14H28N10O3. The summed E-state index contributed by atoms with van der Waals surface area (Å²) in [5.74, 6) is 1.10. The zero-order valence-electron chi connectivity index (χ0n) is 15.3. The molecule has 0 aromatic carbocycles. The Morgan fingerprint density at radius 2 is 1.52 bits per heavy atom. The van der Waals surface area contributed by atoms with Gasteiger partial charge >= 0.3 is 0 Å². The average Bonchev–Trinajstić information content (AvgIpc) is 2.68. The third-order valence-electron chi connectivity index (χ3n) is 2.98. The molecule has 1 heterocycles. The van der Waals surface area contributed by atoms with Gasteiger partial charge in [0.25, 0.3) is 0 Å². The summed E-state index contributed by atoms with van der Waals surface area (Å²) < 4.78 is 10.6. The Morgan fingerprint density at radius 1 is 0.926 bits per heavy atom. The number of hydrogen-bond donors (Lipinski definition) is 5. The molecule has 1 aromatic rings. The fourth-order valence-electron chi connectivity index (χ4n) is 1.82. The molecule has 1 rings (SSSR count). The van der Waals surface area contributed by atoms with Crippen molar-refractivity contribution in [2.75, 3.05) is 81.7 Å². The Morgan fingerprint density at radius 3 is 2.11 bits per heavy atom. The highest BCUT2D eigenvalue weighted by Crippen LogP contribution is 2.09. The Kier molecular flexibility index (Phi) is 13.2. The van der Waals surface area contributed by atoms with Crippen molar-refractivity contribution >= 4 is 17.8 Å². The molecule has 27 heavy (non-hydrogen) atoms. The second kappa shape index (κ2) is 15.8. The van der Waals surface area contributed by atoms with Crippen LogP contribution in [-0.2, 0) is 9.47 Å². The third kappa shape index (κ3) is 11.7. The van der Waals surface area contributed by atoms with E-state index in [1.807, 2.05) is 0 Å². The maximum atomic E-state index is 8.93. The van der Waals surface area contributed by atoms with Crippen LogP contribution < -0.4 is 21.7 Å². The lowest BCUT2D eigenvalue weighted by Crippen LogP contribution is -2.18. The monoisotopic (exact) mass is 384 g/mol. The van der Waals surface area contributed by atoms with Crippen molar-refractivity contribution in [1.29, 1.82) is 0 Å². The summed E-state index contributed by atoms with van der Waals surface area (Å²) in [4.78, 5) is 15.4. The smallest absolute Gasteiger partial charge is 0.229 e. The van der Waals surface area contributed by atoms with Crippen molar-refractivity contribution in [2.24, 2.45) is 10.8 Å². The van der Waals surface area contributed by atoms with Crippen LogP contribution in [-0.4, -0.2) is 85.8 Å². The first-order chi connectivity index (χ1) is 13.3. The fraction of sp³-hybridized carbons (Fsp3) is 0.786. The molecule has 13 nitrogen and oxygen atoms in total. The number of nitrogens with one attached hydrogen (secondary N) is 3. The van der Waals surface area contributed by atoms with Crippen molar-refractivity contribution in [1.82, 2.24) is 15.0 Å². The van der Waals surface area contributed by atoms with Gasteiger partial charge in [-0.1, -0.05) is 5.11 Å². The van der Waals surface area contributed by atoms with E-state index in [1.54, 1.807) is 0 Å². The van der Waals surface area contributed by atoms with E-state index in [2.05, 4.69) is 40.9 Å². The number of azide groups is 1. The second-order valence-electron chi connectivity index (χ2n) is 5.13. The first-order valence-electron chi connectivity index (χ1n) is 8.75. The summed E-state index contributed by atoms with van der Waals surface area (Å²) in [5.41, 5.74) is 13.6. The van der Waals surface area contributed by atoms with Gasteiger partial charge in [0.2, 0.25) is 17.8 Å². The van der Waals surface area contributed by atoms with Crippen LogP contribution in [0.2, 0.25) is 0 Å². The second-order valence-corrected chi connectivity index (χ2v) is 5.13. The Balaban J connectivity index is 2.43. The van der Waals surface area contributed by atoms with Crippen LogP contribution in [0, 0.1) is 0 Å². The van der Waals surface area contributed by atoms with Gasteiger partial charge in [-0.05, 0) is 12.0 Å². The molecule has 13 heteroatoms. The van der Waals surface area contributed by atoms with E-state index in [-0.39, 0.29) is 6.61 Å². The summed E-state index contributed by atoms with van der Waals surface area (Å²) in [6.45, 7) is 4.21. The van der Waals surface area contributed by atoms with Gasteiger partial charge in [-0.3, -0.25) is 0 Å². The lowest BCUT2D eigenvalue weighted by molar-refractivity contribution is 0.0547. The Hall–Kier alpha value is -2.44. The Bertz CT molecular complexity index is 556. The van der Waals surface area contributed by atoms with Crippen LogP contribution in [0.15, 0.2) is 5.11 Å². The van der Waals surface area contributed by atoms with Crippen molar-refractivity contribution in [2.45, 2.75) is 6.42 Å². The minimum Gasteiger partial charge on any atom is -0.395 e. The molecule has 0 unspecified atom stereocenters. The number of ether oxygens (including phenoxy) is 2. The van der Waals surface area contributed by atoms with Gasteiger partial charge in [-0.15, -0.1) is 0 Å². The van der Waals surface area contributed by atoms with E-state index < -0.39 is 0 Å². The van der Waals surface area contributed by atoms with E-state index >= 15 is 0 Å². The minimum absolute atomic E-state index is 0.0383. The summed E-state index contributed by atoms with van der Waals surface area (Å²) >= 11 is 0. The zero-order valence-corrected chi connectivity index (χ0v) is 15.3. The van der Waals surface area contributed by atoms with E-state index in [0.717, 1.165) is 0 Å². The third-order valence-corrected chi connectivity index (χ3v) is 2.98. The molecule has 0 aliphatic rings. The highest BCUT2D eigenvalue weighted by Gasteiger charge is 2.06. The molecule has 6 N–H and O–H groups in total. The van der Waals surface area contributed by atoms with Crippen molar-refractivity contribution in [3.63, 3.8) is 0 Å². The minimum atomic E-state index is -0.0383. The normalized spacial score (nSPS) is 10.3. The summed E-state index contributed by atoms with van der Waals surface area (Å²) in [6, 6.07) is 0. The lowest BCUT2D eigenvalue weighted by Gasteiger charge is -2.11. The van der Waals surface area contributed by atoms with Gasteiger partial charge in [0.05, 0.1) is 33.0 Å². The molecule has 0 saturated carbocycles. The molecule has 0 aliphatic heterocycles. The molecule has 0 saturated heterocycles. The van der Waals surface area contributed by atoms with Crippen LogP contribution in [0.4, 0.5) is 17.8 Å². The van der Waals surface area contributed by atoms with E-state index in [9.17, 15) is 0 Å². The highest BCUT2D eigenvalue weighted by atomic mass is 16.5. The zero-order chi connectivity index (χ0) is 19.6. The standard InChI is InChI=1S/C14H28N10O3/c15-2-8-26-10-11-27-9-6-19-14-22-12(17-3-1-4-20-24-16)21-13(23-14)18-5-7-25/h25H,1-11,15H2,(H3,17,18,19,21,22,23). The number of anilines is 3. The highest BCUT2D eigenvalue weighted by molar-refractivity contribution is 5.42. The molecule has 0 amide bonds. The van der Waals surface area contributed by atoms with Crippen molar-refractivity contribution in [3.05, 3.63) is 10.4 Å². The topological polar surface area (TPSA) is 188 Å². The van der Waals surface area contributed by atoms with Gasteiger partial charge in [0.15, 0.2) is 0 Å². The maximum absolute atomic E-state index is 8.93. The number of aliphatic hydroxyl groups is 1. The van der Waals surface area contributed by atoms with Crippen molar-refractivity contribution in [3.8, 4) is 0 Å². The van der Waals surface area contributed by atoms with Gasteiger partial charge in [0.1, 0.15) is 0 Å². The SMILES string of the molecule is [N-]=[N+]=NCCCNc1nc(NCCO)nc(NCCOCCOCCN)n1. The Labute approximate surface area is 157 Å². The van der Waals surface area contributed by atoms with E-state index in [0.29, 0.717) is 83.4 Å². The first kappa shape index (κ1) is 22.6. The van der Waals surface area contributed by atoms with E-state index in [4.69, 9.17) is 25.8 Å². The average molecular weight is 384 g/mol. The predicted octanol–water partition coefficient (Wildman–Crippen LogP) is -0.208. The predicted molar refractivity (Wildman–Crippen MR) is 102 cm³/mol. The molecule has 1 aromatic heterocycles. The molecule has 152 valence electrons. The van der Waals surface area contributed by atoms with E-state index in [1.165, 1.54) is 0 Å². The van der Waals surface area contributed by atoms with Gasteiger partial charge < -0.3 is 36.3 Å². The summed E-state index contributed by atoms with van der Waals surface area (Å²) in [5, 5.41) is 21.4. The summed E-state index contributed by atoms with van der Waals surface area (Å²) in [7, 11) is 0. The van der Waals surface area contributed by atoms with Crippen LogP contribution in [0.1, 0.15) is 6.42 Å². The lowest BCUT2D eigenvalue weighted by atomic mass is 10.4. The number of aliphatic hydroxyl groups excluding tert-OH is 1. The quantitative estimate of drug-likeness (QED) is 0.104. The van der Waals surface area contributed by atoms with Crippen LogP contribution in [0.5, 0.6) is 0 Å². The molecule has 0 bridgehead atoms. The maximum Gasteiger partial charge on any atom is 0.229 e. The van der Waals surface area contributed by atoms with Crippen molar-refractivity contribution < 1.29 is 14.6 Å². The molecular weight excluding hydrogens is 356 g/mol. The number of rotatable bonds is 17. The number of hydrogen-bond acceptors (Lipinski definition) is 11. The molecule has 0 atom stereocenters. The van der Waals surface area contributed by atoms with Crippen LogP contribution in [0.3, 0.4) is 0 Å². The van der Waals surface area contributed by atoms with Gasteiger partial charge in [0, 0.05) is 37.6 Å². The molecule has 0 fully saturated rings. The number of nitrogens with zero attached hydrogens (tertiary/aromatic N) is 6. The summed E-state index contributed by atoms with van der Waals surface area (Å²) in [6.07, 6.45) is 0.651. The molecule has 0 aliphatic carbocycles. The fourth-order valence-corrected chi connectivity index (χ4v) is 1.82. The van der Waals surface area contributed by atoms with Gasteiger partial charge in [-0.25, -0.2) is 0 Å². The van der Waals surface area contributed by atoms with Crippen LogP contribution >= 0.6 is 0 Å². The largest absolute Gasteiger partial charge is 0.395 e. The molecule has 0 radical (unpaired) electrons. The number of nitrogens with two attached hydrogens (primary N) is 1. The molecule has 0 spiro atoms. The van der Waals surface area contributed by atoms with Gasteiger partial charge in [-0.2, -0.15) is 15.0 Å². The van der Waals surface area contributed by atoms with Crippen LogP contribution in [0.25, 0.3) is 10.4 Å².